The van der Waals surface area contributed by atoms with Crippen molar-refractivity contribution in [3.05, 3.63) is 53.9 Å². The zero-order chi connectivity index (χ0) is 15.5. The number of nitrogens with one attached hydrogen (secondary N) is 1. The van der Waals surface area contributed by atoms with E-state index in [1.807, 2.05) is 11.7 Å². The standard InChI is InChI=1S/C18H27N3/c1-14(2)21-12-11-16(20-21)13-17(19-5)18(3,4)15-9-7-6-8-10-15/h6-12,14,17,19H,13H2,1-5H3. The molecule has 0 saturated carbocycles. The maximum absolute atomic E-state index is 4.68. The molecule has 0 aliphatic carbocycles. The molecule has 0 spiro atoms. The van der Waals surface area contributed by atoms with Gasteiger partial charge < -0.3 is 5.32 Å². The van der Waals surface area contributed by atoms with Crippen molar-refractivity contribution in [2.75, 3.05) is 7.05 Å². The number of aromatic nitrogens is 2. The molecule has 0 aliphatic rings. The monoisotopic (exact) mass is 285 g/mol. The minimum Gasteiger partial charge on any atom is -0.316 e. The van der Waals surface area contributed by atoms with Gasteiger partial charge in [0, 0.05) is 30.1 Å². The molecule has 1 heterocycles. The maximum Gasteiger partial charge on any atom is 0.0640 e. The number of rotatable bonds is 6. The average Bonchev–Trinajstić information content (AvgIpc) is 2.94. The van der Waals surface area contributed by atoms with Gasteiger partial charge in [-0.2, -0.15) is 5.10 Å². The fourth-order valence-corrected chi connectivity index (χ4v) is 2.77. The molecule has 114 valence electrons. The Labute approximate surface area is 128 Å². The lowest BCUT2D eigenvalue weighted by Gasteiger charge is -2.34. The van der Waals surface area contributed by atoms with E-state index in [1.165, 1.54) is 5.56 Å². The van der Waals surface area contributed by atoms with Gasteiger partial charge >= 0.3 is 0 Å². The summed E-state index contributed by atoms with van der Waals surface area (Å²) in [6, 6.07) is 13.6. The first-order valence-electron chi connectivity index (χ1n) is 7.72. The molecule has 21 heavy (non-hydrogen) atoms. The van der Waals surface area contributed by atoms with Crippen molar-refractivity contribution < 1.29 is 0 Å². The van der Waals surface area contributed by atoms with E-state index in [1.54, 1.807) is 0 Å². The second kappa shape index (κ2) is 6.44. The Kier molecular flexibility index (Phi) is 4.84. The van der Waals surface area contributed by atoms with Crippen LogP contribution >= 0.6 is 0 Å². The number of hydrogen-bond acceptors (Lipinski definition) is 2. The average molecular weight is 285 g/mol. The van der Waals surface area contributed by atoms with E-state index in [9.17, 15) is 0 Å². The Morgan fingerprint density at radius 1 is 1.14 bits per heavy atom. The van der Waals surface area contributed by atoms with Crippen LogP contribution in [-0.2, 0) is 11.8 Å². The van der Waals surface area contributed by atoms with E-state index >= 15 is 0 Å². The minimum absolute atomic E-state index is 0.0532. The summed E-state index contributed by atoms with van der Waals surface area (Å²) in [7, 11) is 2.04. The topological polar surface area (TPSA) is 29.9 Å². The molecule has 0 amide bonds. The van der Waals surface area contributed by atoms with Crippen molar-refractivity contribution >= 4 is 0 Å². The second-order valence-corrected chi connectivity index (χ2v) is 6.51. The third-order valence-electron chi connectivity index (χ3n) is 4.34. The van der Waals surface area contributed by atoms with E-state index in [0.29, 0.717) is 12.1 Å². The van der Waals surface area contributed by atoms with Crippen molar-refractivity contribution in [2.24, 2.45) is 0 Å². The number of benzene rings is 1. The highest BCUT2D eigenvalue weighted by Gasteiger charge is 2.30. The molecular formula is C18H27N3. The Balaban J connectivity index is 2.18. The van der Waals surface area contributed by atoms with Gasteiger partial charge in [-0.15, -0.1) is 0 Å². The van der Waals surface area contributed by atoms with E-state index < -0.39 is 0 Å². The van der Waals surface area contributed by atoms with Gasteiger partial charge in [0.25, 0.3) is 0 Å². The van der Waals surface area contributed by atoms with Crippen LogP contribution < -0.4 is 5.32 Å². The van der Waals surface area contributed by atoms with Crippen LogP contribution in [0.2, 0.25) is 0 Å². The van der Waals surface area contributed by atoms with Gasteiger partial charge in [0.05, 0.1) is 5.69 Å². The van der Waals surface area contributed by atoms with Crippen LogP contribution in [-0.4, -0.2) is 22.9 Å². The summed E-state index contributed by atoms with van der Waals surface area (Å²) >= 11 is 0. The number of nitrogens with zero attached hydrogens (tertiary/aromatic N) is 2. The van der Waals surface area contributed by atoms with Crippen LogP contribution in [0.1, 0.15) is 45.0 Å². The fraction of sp³-hybridized carbons (Fsp3) is 0.500. The van der Waals surface area contributed by atoms with Crippen LogP contribution in [0.5, 0.6) is 0 Å². The van der Waals surface area contributed by atoms with Crippen LogP contribution in [0.15, 0.2) is 42.6 Å². The van der Waals surface area contributed by atoms with Crippen molar-refractivity contribution in [1.29, 1.82) is 0 Å². The predicted octanol–water partition coefficient (Wildman–Crippen LogP) is 3.57. The van der Waals surface area contributed by atoms with E-state index in [4.69, 9.17) is 0 Å². The summed E-state index contributed by atoms with van der Waals surface area (Å²) in [4.78, 5) is 0. The third kappa shape index (κ3) is 3.53. The molecule has 0 bridgehead atoms. The molecule has 1 unspecified atom stereocenters. The smallest absolute Gasteiger partial charge is 0.0640 e. The predicted molar refractivity (Wildman–Crippen MR) is 88.6 cm³/mol. The number of likely N-dealkylation sites (N-methyl/N-ethyl adjacent to an activating group) is 1. The normalized spacial score (nSPS) is 13.6. The molecule has 3 nitrogen and oxygen atoms in total. The molecule has 3 heteroatoms. The molecule has 1 atom stereocenters. The first-order chi connectivity index (χ1) is 9.95. The lowest BCUT2D eigenvalue weighted by Crippen LogP contribution is -2.44. The third-order valence-corrected chi connectivity index (χ3v) is 4.34. The van der Waals surface area contributed by atoms with Crippen LogP contribution in [0.25, 0.3) is 0 Å². The Bertz CT molecular complexity index is 555. The quantitative estimate of drug-likeness (QED) is 0.879. The molecule has 1 aromatic heterocycles. The minimum atomic E-state index is 0.0532. The molecule has 0 saturated heterocycles. The van der Waals surface area contributed by atoms with Crippen molar-refractivity contribution in [3.63, 3.8) is 0 Å². The SMILES string of the molecule is CNC(Cc1ccn(C(C)C)n1)C(C)(C)c1ccccc1. The zero-order valence-electron chi connectivity index (χ0n) is 13.8. The molecule has 0 aliphatic heterocycles. The highest BCUT2D eigenvalue weighted by atomic mass is 15.3. The summed E-state index contributed by atoms with van der Waals surface area (Å²) in [5.74, 6) is 0. The highest BCUT2D eigenvalue weighted by molar-refractivity contribution is 5.26. The van der Waals surface area contributed by atoms with Gasteiger partial charge in [-0.05, 0) is 32.5 Å². The molecular weight excluding hydrogens is 258 g/mol. The Morgan fingerprint density at radius 3 is 2.33 bits per heavy atom. The molecule has 0 radical (unpaired) electrons. The van der Waals surface area contributed by atoms with Gasteiger partial charge in [-0.1, -0.05) is 44.2 Å². The number of hydrogen-bond donors (Lipinski definition) is 1. The van der Waals surface area contributed by atoms with Crippen LogP contribution in [0, 0.1) is 0 Å². The van der Waals surface area contributed by atoms with Crippen molar-refractivity contribution in [3.8, 4) is 0 Å². The molecule has 2 aromatic rings. The first-order valence-corrected chi connectivity index (χ1v) is 7.72. The van der Waals surface area contributed by atoms with Gasteiger partial charge in [-0.25, -0.2) is 0 Å². The highest BCUT2D eigenvalue weighted by Crippen LogP contribution is 2.28. The van der Waals surface area contributed by atoms with Crippen molar-refractivity contribution in [2.45, 2.75) is 51.6 Å². The summed E-state index contributed by atoms with van der Waals surface area (Å²) < 4.78 is 2.03. The fourth-order valence-electron chi connectivity index (χ4n) is 2.77. The summed E-state index contributed by atoms with van der Waals surface area (Å²) in [6.45, 7) is 8.90. The summed E-state index contributed by atoms with van der Waals surface area (Å²) in [5.41, 5.74) is 2.55. The van der Waals surface area contributed by atoms with Gasteiger partial charge in [0.1, 0.15) is 0 Å². The Morgan fingerprint density at radius 2 is 1.81 bits per heavy atom. The van der Waals surface area contributed by atoms with Crippen molar-refractivity contribution in [1.82, 2.24) is 15.1 Å². The summed E-state index contributed by atoms with van der Waals surface area (Å²) in [6.07, 6.45) is 3.00. The lowest BCUT2D eigenvalue weighted by atomic mass is 9.76. The molecule has 2 rings (SSSR count). The van der Waals surface area contributed by atoms with E-state index in [2.05, 4.69) is 80.7 Å². The summed E-state index contributed by atoms with van der Waals surface area (Å²) in [5, 5.41) is 8.16. The van der Waals surface area contributed by atoms with Crippen LogP contribution in [0.3, 0.4) is 0 Å². The lowest BCUT2D eigenvalue weighted by molar-refractivity contribution is 0.352. The first kappa shape index (κ1) is 15.8. The van der Waals surface area contributed by atoms with Gasteiger partial charge in [-0.3, -0.25) is 4.68 Å². The zero-order valence-corrected chi connectivity index (χ0v) is 13.8. The van der Waals surface area contributed by atoms with E-state index in [-0.39, 0.29) is 5.41 Å². The second-order valence-electron chi connectivity index (χ2n) is 6.51. The maximum atomic E-state index is 4.68. The molecule has 0 fully saturated rings. The van der Waals surface area contributed by atoms with Crippen LogP contribution in [0.4, 0.5) is 0 Å². The molecule has 1 N–H and O–H groups in total. The largest absolute Gasteiger partial charge is 0.316 e. The van der Waals surface area contributed by atoms with Gasteiger partial charge in [0.2, 0.25) is 0 Å². The van der Waals surface area contributed by atoms with E-state index in [0.717, 1.165) is 12.1 Å². The molecule has 1 aromatic carbocycles. The Hall–Kier alpha value is -1.61. The van der Waals surface area contributed by atoms with Gasteiger partial charge in [0.15, 0.2) is 0 Å².